The molecule has 0 radical (unpaired) electrons. The van der Waals surface area contributed by atoms with Crippen LogP contribution in [0.25, 0.3) is 0 Å². The normalized spacial score (nSPS) is 12.8. The molecule has 0 spiro atoms. The third kappa shape index (κ3) is 4.48. The number of aryl methyl sites for hydroxylation is 2. The van der Waals surface area contributed by atoms with Crippen LogP contribution in [0.15, 0.2) is 41.7 Å². The van der Waals surface area contributed by atoms with E-state index in [9.17, 15) is 0 Å². The summed E-state index contributed by atoms with van der Waals surface area (Å²) in [6.45, 7) is 10.5. The molecule has 0 saturated heterocycles. The van der Waals surface area contributed by atoms with Crippen molar-refractivity contribution in [2.45, 2.75) is 41.0 Å². The van der Waals surface area contributed by atoms with Gasteiger partial charge in [0.2, 0.25) is 0 Å². The predicted octanol–water partition coefficient (Wildman–Crippen LogP) is 4.94. The molecule has 1 rings (SSSR count). The van der Waals surface area contributed by atoms with Crippen LogP contribution < -0.4 is 4.74 Å². The minimum atomic E-state index is 0.907. The van der Waals surface area contributed by atoms with Gasteiger partial charge in [-0.15, -0.1) is 0 Å². The lowest BCUT2D eigenvalue weighted by atomic mass is 10.1. The van der Waals surface area contributed by atoms with Crippen LogP contribution in [0.1, 0.15) is 38.3 Å². The van der Waals surface area contributed by atoms with Crippen LogP contribution >= 0.6 is 0 Å². The second kappa shape index (κ2) is 6.29. The van der Waals surface area contributed by atoms with Crippen molar-refractivity contribution in [3.8, 4) is 5.75 Å². The zero-order chi connectivity index (χ0) is 12.8. The van der Waals surface area contributed by atoms with E-state index in [1.54, 1.807) is 0 Å². The summed E-state index contributed by atoms with van der Waals surface area (Å²) in [5.41, 5.74) is 3.91. The largest absolute Gasteiger partial charge is 0.462 e. The van der Waals surface area contributed by atoms with Crippen LogP contribution in [0.5, 0.6) is 5.75 Å². The van der Waals surface area contributed by atoms with Gasteiger partial charge >= 0.3 is 0 Å². The smallest absolute Gasteiger partial charge is 0.127 e. The van der Waals surface area contributed by atoms with Gasteiger partial charge in [-0.3, -0.25) is 0 Å². The van der Waals surface area contributed by atoms with E-state index in [-0.39, 0.29) is 0 Å². The van der Waals surface area contributed by atoms with Crippen LogP contribution in [0.2, 0.25) is 0 Å². The number of allylic oxidation sites excluding steroid dienone is 4. The fraction of sp³-hybridized carbons (Fsp3) is 0.375. The molecule has 0 aliphatic rings. The minimum absolute atomic E-state index is 0.907. The van der Waals surface area contributed by atoms with Crippen molar-refractivity contribution < 1.29 is 4.74 Å². The molecule has 0 amide bonds. The van der Waals surface area contributed by atoms with Gasteiger partial charge in [0.05, 0.1) is 0 Å². The molecule has 0 unspecified atom stereocenters. The lowest BCUT2D eigenvalue weighted by Crippen LogP contribution is -1.91. The summed E-state index contributed by atoms with van der Waals surface area (Å²) in [7, 11) is 0. The van der Waals surface area contributed by atoms with Crippen molar-refractivity contribution in [1.82, 2.24) is 0 Å². The molecule has 92 valence electrons. The summed E-state index contributed by atoms with van der Waals surface area (Å²) in [4.78, 5) is 0. The minimum Gasteiger partial charge on any atom is -0.462 e. The Bertz CT molecular complexity index is 439. The Morgan fingerprint density at radius 3 is 2.41 bits per heavy atom. The fourth-order valence-corrected chi connectivity index (χ4v) is 1.37. The van der Waals surface area contributed by atoms with E-state index in [1.165, 1.54) is 16.7 Å². The van der Waals surface area contributed by atoms with Crippen LogP contribution in [0.3, 0.4) is 0 Å². The maximum Gasteiger partial charge on any atom is 0.127 e. The molecular formula is C16H22O. The lowest BCUT2D eigenvalue weighted by molar-refractivity contribution is 0.427. The van der Waals surface area contributed by atoms with Gasteiger partial charge in [-0.25, -0.2) is 0 Å². The van der Waals surface area contributed by atoms with Gasteiger partial charge in [0.25, 0.3) is 0 Å². The highest BCUT2D eigenvalue weighted by atomic mass is 16.5. The molecule has 0 fully saturated rings. The molecule has 1 nitrogen and oxygen atoms in total. The summed E-state index contributed by atoms with van der Waals surface area (Å²) < 4.78 is 5.76. The van der Waals surface area contributed by atoms with Gasteiger partial charge in [0.15, 0.2) is 0 Å². The van der Waals surface area contributed by atoms with E-state index in [1.807, 2.05) is 19.1 Å². The van der Waals surface area contributed by atoms with Crippen molar-refractivity contribution in [2.24, 2.45) is 0 Å². The third-order valence-electron chi connectivity index (χ3n) is 2.92. The molecule has 0 saturated carbocycles. The summed E-state index contributed by atoms with van der Waals surface area (Å²) in [5.74, 6) is 1.82. The second-order valence-electron chi connectivity index (χ2n) is 4.49. The first kappa shape index (κ1) is 13.6. The van der Waals surface area contributed by atoms with Crippen LogP contribution in [0.4, 0.5) is 0 Å². The van der Waals surface area contributed by atoms with Gasteiger partial charge in [0.1, 0.15) is 11.5 Å². The topological polar surface area (TPSA) is 9.23 Å². The van der Waals surface area contributed by atoms with Crippen molar-refractivity contribution >= 4 is 0 Å². The maximum atomic E-state index is 5.76. The molecule has 1 aromatic carbocycles. The molecular weight excluding hydrogens is 208 g/mol. The van der Waals surface area contributed by atoms with Crippen LogP contribution in [-0.2, 0) is 0 Å². The Kier molecular flexibility index (Phi) is 5.02. The zero-order valence-corrected chi connectivity index (χ0v) is 11.5. The van der Waals surface area contributed by atoms with E-state index < -0.39 is 0 Å². The van der Waals surface area contributed by atoms with Crippen molar-refractivity contribution in [3.05, 3.63) is 52.8 Å². The molecule has 0 atom stereocenters. The van der Waals surface area contributed by atoms with E-state index >= 15 is 0 Å². The van der Waals surface area contributed by atoms with Gasteiger partial charge in [-0.2, -0.15) is 0 Å². The Labute approximate surface area is 105 Å². The maximum absolute atomic E-state index is 5.76. The molecule has 0 aliphatic heterocycles. The van der Waals surface area contributed by atoms with Gasteiger partial charge in [-0.1, -0.05) is 24.6 Å². The average Bonchev–Trinajstić information content (AvgIpc) is 2.31. The summed E-state index contributed by atoms with van der Waals surface area (Å²) in [6, 6.07) is 6.17. The molecule has 0 aromatic heterocycles. The first-order valence-corrected chi connectivity index (χ1v) is 6.12. The zero-order valence-electron chi connectivity index (χ0n) is 11.5. The van der Waals surface area contributed by atoms with E-state index in [2.05, 4.69) is 45.9 Å². The summed E-state index contributed by atoms with van der Waals surface area (Å²) in [5, 5.41) is 0. The van der Waals surface area contributed by atoms with Crippen molar-refractivity contribution in [1.29, 1.82) is 0 Å². The highest BCUT2D eigenvalue weighted by Gasteiger charge is 1.97. The Morgan fingerprint density at radius 2 is 1.82 bits per heavy atom. The standard InChI is InChI=1S/C16H22O/c1-6-12(2)7-9-15(5)17-16-10-8-13(3)14(4)11-16/h7-11H,6H2,1-5H3/b12-7-,15-9+. The second-order valence-corrected chi connectivity index (χ2v) is 4.49. The SMILES string of the molecule is CC/C(C)=C\C=C(/C)Oc1ccc(C)c(C)c1. The monoisotopic (exact) mass is 230 g/mol. The molecule has 0 heterocycles. The Hall–Kier alpha value is -1.50. The predicted molar refractivity (Wildman–Crippen MR) is 74.3 cm³/mol. The Balaban J connectivity index is 2.74. The van der Waals surface area contributed by atoms with Gasteiger partial charge < -0.3 is 4.74 Å². The fourth-order valence-electron chi connectivity index (χ4n) is 1.37. The molecule has 0 aliphatic carbocycles. The van der Waals surface area contributed by atoms with E-state index in [4.69, 9.17) is 4.74 Å². The van der Waals surface area contributed by atoms with E-state index in [0.29, 0.717) is 0 Å². The number of hydrogen-bond donors (Lipinski definition) is 0. The molecule has 0 N–H and O–H groups in total. The van der Waals surface area contributed by atoms with Crippen LogP contribution in [0, 0.1) is 13.8 Å². The summed E-state index contributed by atoms with van der Waals surface area (Å²) in [6.07, 6.45) is 5.21. The first-order valence-electron chi connectivity index (χ1n) is 6.12. The highest BCUT2D eigenvalue weighted by Crippen LogP contribution is 2.18. The van der Waals surface area contributed by atoms with Crippen molar-refractivity contribution in [3.63, 3.8) is 0 Å². The molecule has 1 heteroatoms. The number of ether oxygens (including phenoxy) is 1. The summed E-state index contributed by atoms with van der Waals surface area (Å²) >= 11 is 0. The molecule has 1 aromatic rings. The third-order valence-corrected chi connectivity index (χ3v) is 2.92. The lowest BCUT2D eigenvalue weighted by Gasteiger charge is -2.07. The number of hydrogen-bond acceptors (Lipinski definition) is 1. The molecule has 0 bridgehead atoms. The quantitative estimate of drug-likeness (QED) is 0.525. The molecule has 17 heavy (non-hydrogen) atoms. The van der Waals surface area contributed by atoms with Gasteiger partial charge in [0, 0.05) is 0 Å². The number of benzene rings is 1. The van der Waals surface area contributed by atoms with Gasteiger partial charge in [-0.05, 0) is 63.5 Å². The average molecular weight is 230 g/mol. The first-order chi connectivity index (χ1) is 8.02. The Morgan fingerprint density at radius 1 is 1.12 bits per heavy atom. The van der Waals surface area contributed by atoms with E-state index in [0.717, 1.165) is 17.9 Å². The van der Waals surface area contributed by atoms with Crippen molar-refractivity contribution in [2.75, 3.05) is 0 Å². The highest BCUT2D eigenvalue weighted by molar-refractivity contribution is 5.34. The van der Waals surface area contributed by atoms with Crippen LogP contribution in [-0.4, -0.2) is 0 Å². The number of rotatable bonds is 4.